The predicted molar refractivity (Wildman–Crippen MR) is 96.7 cm³/mol. The third kappa shape index (κ3) is 4.43. The molecule has 1 aliphatic rings. The van der Waals surface area contributed by atoms with E-state index in [-0.39, 0.29) is 0 Å². The lowest BCUT2D eigenvalue weighted by molar-refractivity contribution is 0.212. The van der Waals surface area contributed by atoms with Crippen LogP contribution in [0.2, 0.25) is 0 Å². The molecule has 2 aromatic heterocycles. The number of anilines is 2. The SMILES string of the molecule is CN(Cc1nccc(N)n1)[C@H]1CCCN(c2ccc(C#N)cn2)CC1. The van der Waals surface area contributed by atoms with Crippen molar-refractivity contribution in [3.8, 4) is 6.07 Å². The van der Waals surface area contributed by atoms with E-state index in [0.29, 0.717) is 24.0 Å². The molecule has 3 rings (SSSR count). The maximum Gasteiger partial charge on any atom is 0.144 e. The van der Waals surface area contributed by atoms with Crippen molar-refractivity contribution < 1.29 is 0 Å². The zero-order valence-electron chi connectivity index (χ0n) is 14.5. The van der Waals surface area contributed by atoms with Crippen LogP contribution in [0.25, 0.3) is 0 Å². The summed E-state index contributed by atoms with van der Waals surface area (Å²) < 4.78 is 0. The summed E-state index contributed by atoms with van der Waals surface area (Å²) in [5, 5.41) is 8.89. The lowest BCUT2D eigenvalue weighted by Gasteiger charge is -2.26. The Morgan fingerprint density at radius 2 is 2.16 bits per heavy atom. The van der Waals surface area contributed by atoms with Gasteiger partial charge in [-0.3, -0.25) is 4.90 Å². The number of nitriles is 1. The Morgan fingerprint density at radius 3 is 2.88 bits per heavy atom. The maximum absolute atomic E-state index is 8.89. The lowest BCUT2D eigenvalue weighted by Crippen LogP contribution is -2.33. The summed E-state index contributed by atoms with van der Waals surface area (Å²) in [5.74, 6) is 2.22. The van der Waals surface area contributed by atoms with Gasteiger partial charge in [0.15, 0.2) is 0 Å². The number of nitrogen functional groups attached to an aromatic ring is 1. The van der Waals surface area contributed by atoms with Crippen molar-refractivity contribution in [2.75, 3.05) is 30.8 Å². The number of aromatic nitrogens is 3. The van der Waals surface area contributed by atoms with E-state index < -0.39 is 0 Å². The highest BCUT2D eigenvalue weighted by molar-refractivity contribution is 5.42. The highest BCUT2D eigenvalue weighted by Gasteiger charge is 2.21. The standard InChI is InChI=1S/C18H23N7/c1-24(13-17-21-8-6-16(20)23-17)15-3-2-9-25(10-7-15)18-5-4-14(11-19)12-22-18/h4-6,8,12,15H,2-3,7,9-10,13H2,1H3,(H2,20,21,23)/t15-/m0/s1. The van der Waals surface area contributed by atoms with Gasteiger partial charge in [0.1, 0.15) is 23.5 Å². The zero-order valence-corrected chi connectivity index (χ0v) is 14.5. The second-order valence-electron chi connectivity index (χ2n) is 6.40. The zero-order chi connectivity index (χ0) is 17.6. The third-order valence-electron chi connectivity index (χ3n) is 4.64. The van der Waals surface area contributed by atoms with Gasteiger partial charge in [-0.25, -0.2) is 15.0 Å². The average Bonchev–Trinajstić information content (AvgIpc) is 2.88. The quantitative estimate of drug-likeness (QED) is 0.909. The lowest BCUT2D eigenvalue weighted by atomic mass is 10.1. The first-order valence-electron chi connectivity index (χ1n) is 8.54. The fourth-order valence-electron chi connectivity index (χ4n) is 3.23. The van der Waals surface area contributed by atoms with E-state index in [1.165, 1.54) is 0 Å². The van der Waals surface area contributed by atoms with Crippen molar-refractivity contribution in [2.24, 2.45) is 0 Å². The van der Waals surface area contributed by atoms with E-state index in [1.54, 1.807) is 18.5 Å². The van der Waals surface area contributed by atoms with Gasteiger partial charge in [0.2, 0.25) is 0 Å². The Kier molecular flexibility index (Phi) is 5.41. The highest BCUT2D eigenvalue weighted by Crippen LogP contribution is 2.21. The first-order valence-corrected chi connectivity index (χ1v) is 8.54. The molecule has 1 atom stereocenters. The molecule has 7 heteroatoms. The van der Waals surface area contributed by atoms with Gasteiger partial charge in [-0.05, 0) is 44.5 Å². The van der Waals surface area contributed by atoms with Gasteiger partial charge in [-0.15, -0.1) is 0 Å². The molecule has 25 heavy (non-hydrogen) atoms. The van der Waals surface area contributed by atoms with Crippen LogP contribution >= 0.6 is 0 Å². The highest BCUT2D eigenvalue weighted by atomic mass is 15.2. The van der Waals surface area contributed by atoms with Crippen LogP contribution < -0.4 is 10.6 Å². The van der Waals surface area contributed by atoms with Gasteiger partial charge in [0.25, 0.3) is 0 Å². The Balaban J connectivity index is 1.59. The second kappa shape index (κ2) is 7.90. The van der Waals surface area contributed by atoms with Crippen LogP contribution in [-0.4, -0.2) is 46.0 Å². The number of hydrogen-bond acceptors (Lipinski definition) is 7. The predicted octanol–water partition coefficient (Wildman–Crippen LogP) is 1.82. The molecule has 1 saturated heterocycles. The van der Waals surface area contributed by atoms with E-state index in [2.05, 4.69) is 37.9 Å². The molecule has 7 nitrogen and oxygen atoms in total. The number of nitrogens with two attached hydrogens (primary N) is 1. The molecule has 0 unspecified atom stereocenters. The van der Waals surface area contributed by atoms with Crippen LogP contribution in [0.3, 0.4) is 0 Å². The van der Waals surface area contributed by atoms with E-state index >= 15 is 0 Å². The Hall–Kier alpha value is -2.72. The molecule has 1 fully saturated rings. The minimum atomic E-state index is 0.480. The molecule has 0 radical (unpaired) electrons. The molecular weight excluding hydrogens is 314 g/mol. The molecule has 0 spiro atoms. The van der Waals surface area contributed by atoms with Gasteiger partial charge >= 0.3 is 0 Å². The Labute approximate surface area is 148 Å². The largest absolute Gasteiger partial charge is 0.384 e. The fourth-order valence-corrected chi connectivity index (χ4v) is 3.23. The van der Waals surface area contributed by atoms with Gasteiger partial charge in [-0.2, -0.15) is 5.26 Å². The Bertz CT molecular complexity index is 738. The minimum Gasteiger partial charge on any atom is -0.384 e. The summed E-state index contributed by atoms with van der Waals surface area (Å²) >= 11 is 0. The van der Waals surface area contributed by atoms with Crippen molar-refractivity contribution >= 4 is 11.6 Å². The third-order valence-corrected chi connectivity index (χ3v) is 4.64. The number of nitrogens with zero attached hydrogens (tertiary/aromatic N) is 6. The summed E-state index contributed by atoms with van der Waals surface area (Å²) in [4.78, 5) is 17.6. The maximum atomic E-state index is 8.89. The molecule has 3 heterocycles. The van der Waals surface area contributed by atoms with Crippen molar-refractivity contribution in [3.63, 3.8) is 0 Å². The van der Waals surface area contributed by atoms with E-state index in [0.717, 1.165) is 44.0 Å². The van der Waals surface area contributed by atoms with Gasteiger partial charge in [0, 0.05) is 31.5 Å². The van der Waals surface area contributed by atoms with Crippen LogP contribution in [0.5, 0.6) is 0 Å². The topological polar surface area (TPSA) is 95.0 Å². The molecule has 0 bridgehead atoms. The van der Waals surface area contributed by atoms with Crippen LogP contribution in [0.4, 0.5) is 11.6 Å². The van der Waals surface area contributed by atoms with Crippen LogP contribution in [0, 0.1) is 11.3 Å². The molecule has 0 saturated carbocycles. The molecular formula is C18H23N7. The van der Waals surface area contributed by atoms with Crippen molar-refractivity contribution in [2.45, 2.75) is 31.8 Å². The van der Waals surface area contributed by atoms with Crippen LogP contribution in [0.15, 0.2) is 30.6 Å². The van der Waals surface area contributed by atoms with Crippen molar-refractivity contribution in [1.82, 2.24) is 19.9 Å². The average molecular weight is 337 g/mol. The smallest absolute Gasteiger partial charge is 0.144 e. The van der Waals surface area contributed by atoms with Gasteiger partial charge in [0.05, 0.1) is 12.1 Å². The van der Waals surface area contributed by atoms with E-state index in [9.17, 15) is 0 Å². The summed E-state index contributed by atoms with van der Waals surface area (Å²) in [6, 6.07) is 8.06. The molecule has 2 N–H and O–H groups in total. The summed E-state index contributed by atoms with van der Waals surface area (Å²) in [6.45, 7) is 2.63. The normalized spacial score (nSPS) is 18.0. The molecule has 0 amide bonds. The van der Waals surface area contributed by atoms with Crippen molar-refractivity contribution in [1.29, 1.82) is 5.26 Å². The van der Waals surface area contributed by atoms with Crippen LogP contribution in [0.1, 0.15) is 30.7 Å². The van der Waals surface area contributed by atoms with Gasteiger partial charge in [-0.1, -0.05) is 0 Å². The molecule has 0 aliphatic carbocycles. The molecule has 1 aliphatic heterocycles. The first-order chi connectivity index (χ1) is 12.2. The molecule has 2 aromatic rings. The second-order valence-corrected chi connectivity index (χ2v) is 6.40. The summed E-state index contributed by atoms with van der Waals surface area (Å²) in [5.41, 5.74) is 6.33. The number of hydrogen-bond donors (Lipinski definition) is 1. The summed E-state index contributed by atoms with van der Waals surface area (Å²) in [6.07, 6.45) is 6.64. The number of rotatable bonds is 4. The fraction of sp³-hybridized carbons (Fsp3) is 0.444. The van der Waals surface area contributed by atoms with E-state index in [4.69, 9.17) is 11.0 Å². The molecule has 130 valence electrons. The monoisotopic (exact) mass is 337 g/mol. The Morgan fingerprint density at radius 1 is 1.28 bits per heavy atom. The van der Waals surface area contributed by atoms with E-state index in [1.807, 2.05) is 12.1 Å². The van der Waals surface area contributed by atoms with Crippen LogP contribution in [-0.2, 0) is 6.54 Å². The summed E-state index contributed by atoms with van der Waals surface area (Å²) in [7, 11) is 2.12. The first kappa shape index (κ1) is 17.1. The van der Waals surface area contributed by atoms with Gasteiger partial charge < -0.3 is 10.6 Å². The molecule has 0 aromatic carbocycles. The number of pyridine rings is 1. The van der Waals surface area contributed by atoms with Crippen molar-refractivity contribution in [3.05, 3.63) is 42.0 Å². The minimum absolute atomic E-state index is 0.480.